The van der Waals surface area contributed by atoms with E-state index in [1.165, 1.54) is 12.1 Å². The molecule has 2 aliphatic carbocycles. The normalized spacial score (nSPS) is 23.1. The average molecular weight is 568 g/mol. The topological polar surface area (TPSA) is 88.6 Å². The molecule has 41 heavy (non-hydrogen) atoms. The van der Waals surface area contributed by atoms with Gasteiger partial charge in [-0.2, -0.15) is 0 Å². The molecule has 0 saturated heterocycles. The number of amides is 1. The van der Waals surface area contributed by atoms with E-state index in [1.54, 1.807) is 37.3 Å². The minimum atomic E-state index is -4.30. The molecule has 1 fully saturated rings. The average Bonchev–Trinajstić information content (AvgIpc) is 3.21. The zero-order chi connectivity index (χ0) is 29.5. The Labute approximate surface area is 241 Å². The predicted molar refractivity (Wildman–Crippen MR) is 158 cm³/mol. The Balaban J connectivity index is 1.72. The Morgan fingerprint density at radius 3 is 1.93 bits per heavy atom. The number of aryl methyl sites for hydroxylation is 2. The zero-order valence-corrected chi connectivity index (χ0v) is 24.8. The summed E-state index contributed by atoms with van der Waals surface area (Å²) >= 11 is 0. The third-order valence-electron chi connectivity index (χ3n) is 9.00. The fourth-order valence-corrected chi connectivity index (χ4v) is 8.63. The third-order valence-corrected chi connectivity index (χ3v) is 10.7. The van der Waals surface area contributed by atoms with E-state index in [4.69, 9.17) is 0 Å². The van der Waals surface area contributed by atoms with Gasteiger partial charge >= 0.3 is 0 Å². The molecule has 1 saturated carbocycles. The first kappa shape index (κ1) is 27.3. The highest BCUT2D eigenvalue weighted by Crippen LogP contribution is 2.67. The fourth-order valence-electron chi connectivity index (χ4n) is 7.08. The van der Waals surface area contributed by atoms with E-state index >= 15 is 0 Å². The second kappa shape index (κ2) is 8.83. The molecule has 7 heteroatoms. The predicted octanol–water partition coefficient (Wildman–Crippen LogP) is 6.30. The number of fused-ring (bicyclic) bond motifs is 3. The number of hydrogen-bond donors (Lipinski definition) is 0. The Hall–Kier alpha value is -3.84. The highest BCUT2D eigenvalue weighted by molar-refractivity contribution is 7.93. The molecule has 1 heterocycles. The molecular formula is C34H33NO5S. The summed E-state index contributed by atoms with van der Waals surface area (Å²) in [5, 5.41) is 0. The van der Waals surface area contributed by atoms with Gasteiger partial charge < -0.3 is 0 Å². The van der Waals surface area contributed by atoms with Gasteiger partial charge in [-0.3, -0.25) is 14.4 Å². The molecule has 1 atom stereocenters. The molecule has 0 aromatic heterocycles. The summed E-state index contributed by atoms with van der Waals surface area (Å²) in [5.41, 5.74) is 1.03. The van der Waals surface area contributed by atoms with E-state index in [1.807, 2.05) is 58.0 Å². The van der Waals surface area contributed by atoms with Gasteiger partial charge in [0, 0.05) is 18.4 Å². The van der Waals surface area contributed by atoms with Crippen molar-refractivity contribution >= 4 is 44.3 Å². The minimum absolute atomic E-state index is 0.00561. The molecule has 1 spiro atoms. The van der Waals surface area contributed by atoms with Gasteiger partial charge in [0.15, 0.2) is 11.6 Å². The lowest BCUT2D eigenvalue weighted by Gasteiger charge is -2.42. The van der Waals surface area contributed by atoms with Crippen LogP contribution in [0.4, 0.5) is 5.69 Å². The first-order valence-corrected chi connectivity index (χ1v) is 15.3. The molecule has 1 amide bonds. The lowest BCUT2D eigenvalue weighted by molar-refractivity contribution is -0.145. The van der Waals surface area contributed by atoms with Crippen LogP contribution >= 0.6 is 0 Å². The molecule has 3 aliphatic rings. The van der Waals surface area contributed by atoms with Gasteiger partial charge in [0.2, 0.25) is 0 Å². The maximum atomic E-state index is 14.7. The number of Topliss-reactive ketones (excluding diaryl/α,β-unsaturated/α-hetero) is 2. The van der Waals surface area contributed by atoms with Crippen molar-refractivity contribution in [2.45, 2.75) is 58.8 Å². The van der Waals surface area contributed by atoms with Gasteiger partial charge in [-0.15, -0.1) is 0 Å². The minimum Gasteiger partial charge on any atom is -0.298 e. The lowest BCUT2D eigenvalue weighted by atomic mass is 9.58. The van der Waals surface area contributed by atoms with Crippen molar-refractivity contribution in [3.8, 4) is 0 Å². The van der Waals surface area contributed by atoms with Crippen molar-refractivity contribution in [2.24, 2.45) is 16.2 Å². The molecule has 6 rings (SSSR count). The maximum absolute atomic E-state index is 14.7. The van der Waals surface area contributed by atoms with E-state index in [0.29, 0.717) is 22.3 Å². The van der Waals surface area contributed by atoms with Gasteiger partial charge in [0.25, 0.3) is 15.9 Å². The number of allylic oxidation sites excluding steroid dienone is 1. The van der Waals surface area contributed by atoms with Crippen LogP contribution in [0.3, 0.4) is 0 Å². The highest BCUT2D eigenvalue weighted by Gasteiger charge is 2.67. The number of ketones is 2. The SMILES string of the molecule is Cc1ccc(C2=C3c4cc(C)ccc4N(S(=O)(=O)c4ccccc4)C(=O)C3(C)CC23C(=O)CC(C)(C)CC3=O)cc1. The molecule has 210 valence electrons. The summed E-state index contributed by atoms with van der Waals surface area (Å²) in [6, 6.07) is 20.9. The largest absolute Gasteiger partial charge is 0.298 e. The quantitative estimate of drug-likeness (QED) is 0.347. The highest BCUT2D eigenvalue weighted by atomic mass is 32.2. The van der Waals surface area contributed by atoms with Crippen LogP contribution in [0.1, 0.15) is 62.3 Å². The van der Waals surface area contributed by atoms with Gasteiger partial charge in [0.1, 0.15) is 5.41 Å². The molecule has 1 unspecified atom stereocenters. The second-order valence-corrected chi connectivity index (χ2v) is 14.6. The summed E-state index contributed by atoms with van der Waals surface area (Å²) in [4.78, 5) is 43.2. The van der Waals surface area contributed by atoms with Gasteiger partial charge in [-0.05, 0) is 73.6 Å². The number of anilines is 1. The summed E-state index contributed by atoms with van der Waals surface area (Å²) in [6.45, 7) is 9.39. The van der Waals surface area contributed by atoms with Crippen LogP contribution in [0.15, 0.2) is 77.7 Å². The van der Waals surface area contributed by atoms with Crippen molar-refractivity contribution < 1.29 is 22.8 Å². The van der Waals surface area contributed by atoms with E-state index in [9.17, 15) is 22.8 Å². The summed E-state index contributed by atoms with van der Waals surface area (Å²) in [6.07, 6.45) is 0.288. The monoisotopic (exact) mass is 567 g/mol. The van der Waals surface area contributed by atoms with Crippen molar-refractivity contribution in [1.29, 1.82) is 0 Å². The molecule has 6 nitrogen and oxygen atoms in total. The molecule has 0 N–H and O–H groups in total. The zero-order valence-electron chi connectivity index (χ0n) is 23.9. The van der Waals surface area contributed by atoms with Crippen LogP contribution in [0.2, 0.25) is 0 Å². The van der Waals surface area contributed by atoms with Crippen LogP contribution in [-0.4, -0.2) is 25.9 Å². The molecule has 0 bridgehead atoms. The number of carbonyl (C=O) groups is 3. The third kappa shape index (κ3) is 3.82. The number of rotatable bonds is 3. The number of benzene rings is 3. The van der Waals surface area contributed by atoms with E-state index < -0.39 is 32.2 Å². The number of carbonyl (C=O) groups excluding carboxylic acids is 3. The van der Waals surface area contributed by atoms with Gasteiger partial charge in [0.05, 0.1) is 16.0 Å². The van der Waals surface area contributed by atoms with Crippen LogP contribution in [-0.2, 0) is 24.4 Å². The fraction of sp³-hybridized carbons (Fsp3) is 0.324. The number of hydrogen-bond acceptors (Lipinski definition) is 5. The summed E-state index contributed by atoms with van der Waals surface area (Å²) < 4.78 is 29.1. The summed E-state index contributed by atoms with van der Waals surface area (Å²) in [7, 11) is -4.30. The standard InChI is InChI=1S/C34H33NO5S/c1-21-11-14-23(15-12-21)29-30-25-17-22(2)13-16-26(25)35(41(39,40)24-9-7-6-8-10-24)31(38)33(30,5)20-34(29)27(36)18-32(3,4)19-28(34)37/h6-17H,18-20H2,1-5H3. The Bertz CT molecular complexity index is 1760. The number of sulfonamides is 1. The summed E-state index contributed by atoms with van der Waals surface area (Å²) in [5.74, 6) is -1.08. The molecular weight excluding hydrogens is 534 g/mol. The van der Waals surface area contributed by atoms with E-state index in [0.717, 1.165) is 15.4 Å². The Kier molecular flexibility index (Phi) is 5.89. The van der Waals surface area contributed by atoms with Crippen LogP contribution in [0.5, 0.6) is 0 Å². The van der Waals surface area contributed by atoms with Crippen LogP contribution in [0.25, 0.3) is 11.1 Å². The van der Waals surface area contributed by atoms with Crippen molar-refractivity contribution in [3.05, 3.63) is 95.1 Å². The second-order valence-electron chi connectivity index (χ2n) is 12.8. The Morgan fingerprint density at radius 2 is 1.32 bits per heavy atom. The van der Waals surface area contributed by atoms with Gasteiger partial charge in [-0.25, -0.2) is 12.7 Å². The first-order valence-electron chi connectivity index (χ1n) is 13.9. The van der Waals surface area contributed by atoms with Crippen LogP contribution < -0.4 is 4.31 Å². The van der Waals surface area contributed by atoms with Crippen molar-refractivity contribution in [1.82, 2.24) is 0 Å². The maximum Gasteiger partial charge on any atom is 0.270 e. The molecule has 3 aromatic rings. The Morgan fingerprint density at radius 1 is 0.732 bits per heavy atom. The first-order chi connectivity index (χ1) is 19.2. The smallest absolute Gasteiger partial charge is 0.270 e. The van der Waals surface area contributed by atoms with Crippen LogP contribution in [0, 0.1) is 30.1 Å². The molecule has 3 aromatic carbocycles. The lowest BCUT2D eigenvalue weighted by Crippen LogP contribution is -2.52. The van der Waals surface area contributed by atoms with Gasteiger partial charge in [-0.1, -0.05) is 73.5 Å². The van der Waals surface area contributed by atoms with Crippen molar-refractivity contribution in [2.75, 3.05) is 4.31 Å². The van der Waals surface area contributed by atoms with E-state index in [-0.39, 0.29) is 41.4 Å². The van der Waals surface area contributed by atoms with E-state index in [2.05, 4.69) is 0 Å². The van der Waals surface area contributed by atoms with Crippen molar-refractivity contribution in [3.63, 3.8) is 0 Å². The molecule has 1 aliphatic heterocycles. The molecule has 0 radical (unpaired) electrons. The number of nitrogens with zero attached hydrogens (tertiary/aromatic N) is 1.